The largest absolute Gasteiger partial charge is 0.488 e. The zero-order chi connectivity index (χ0) is 33.1. The quantitative estimate of drug-likeness (QED) is 0.172. The summed E-state index contributed by atoms with van der Waals surface area (Å²) in [4.78, 5) is 24.3. The van der Waals surface area contributed by atoms with Gasteiger partial charge in [-0.25, -0.2) is 9.59 Å². The number of benzene rings is 4. The van der Waals surface area contributed by atoms with Crippen molar-refractivity contribution in [3.05, 3.63) is 124 Å². The summed E-state index contributed by atoms with van der Waals surface area (Å²) >= 11 is 3.35. The number of hydrogen-bond acceptors (Lipinski definition) is 6. The van der Waals surface area contributed by atoms with Crippen LogP contribution in [0, 0.1) is 13.8 Å². The van der Waals surface area contributed by atoms with Crippen molar-refractivity contribution in [1.82, 2.24) is 0 Å². The summed E-state index contributed by atoms with van der Waals surface area (Å²) in [5, 5.41) is 17.2. The number of halogens is 1. The molecular weight excluding hydrogens is 619 g/mol. The highest BCUT2D eigenvalue weighted by Crippen LogP contribution is 2.28. The van der Waals surface area contributed by atoms with E-state index in [2.05, 4.69) is 15.9 Å². The van der Waals surface area contributed by atoms with E-state index in [1.807, 2.05) is 128 Å². The zero-order valence-electron chi connectivity index (χ0n) is 26.7. The van der Waals surface area contributed by atoms with Crippen molar-refractivity contribution in [3.8, 4) is 11.1 Å². The number of ether oxygens (including phenoxy) is 2. The van der Waals surface area contributed by atoms with Crippen LogP contribution in [0.15, 0.2) is 102 Å². The Balaban J connectivity index is 0.000000247. The third-order valence-corrected chi connectivity index (χ3v) is 6.54. The molecule has 0 aromatic heterocycles. The van der Waals surface area contributed by atoms with Crippen LogP contribution in [-0.4, -0.2) is 40.3 Å². The zero-order valence-corrected chi connectivity index (χ0v) is 28.3. The highest BCUT2D eigenvalue weighted by molar-refractivity contribution is 9.10. The second-order valence-corrected chi connectivity index (χ2v) is 12.9. The minimum absolute atomic E-state index is 0.269. The number of carbonyl (C=O) groups excluding carboxylic acids is 2. The van der Waals surface area contributed by atoms with Crippen LogP contribution in [0.1, 0.15) is 73.4 Å². The van der Waals surface area contributed by atoms with Crippen molar-refractivity contribution in [1.29, 1.82) is 0 Å². The van der Waals surface area contributed by atoms with Crippen LogP contribution < -0.4 is 5.46 Å². The summed E-state index contributed by atoms with van der Waals surface area (Å²) in [7, 11) is -1.34. The molecule has 4 rings (SSSR count). The van der Waals surface area contributed by atoms with E-state index in [1.165, 1.54) is 0 Å². The van der Waals surface area contributed by atoms with Gasteiger partial charge in [-0.15, -0.1) is 0 Å². The van der Waals surface area contributed by atoms with E-state index in [0.29, 0.717) is 16.6 Å². The predicted molar refractivity (Wildman–Crippen MR) is 182 cm³/mol. The van der Waals surface area contributed by atoms with Gasteiger partial charge in [-0.3, -0.25) is 0 Å². The first-order valence-electron chi connectivity index (χ1n) is 14.3. The van der Waals surface area contributed by atoms with Crippen molar-refractivity contribution >= 4 is 40.4 Å². The first-order chi connectivity index (χ1) is 20.5. The fourth-order valence-corrected chi connectivity index (χ4v) is 4.60. The highest BCUT2D eigenvalue weighted by atomic mass is 79.9. The van der Waals surface area contributed by atoms with Crippen LogP contribution in [0.3, 0.4) is 0 Å². The summed E-state index contributed by atoms with van der Waals surface area (Å²) in [6, 6.07) is 30.1. The summed E-state index contributed by atoms with van der Waals surface area (Å²) < 4.78 is 11.6. The van der Waals surface area contributed by atoms with Crippen LogP contribution in [0.5, 0.6) is 0 Å². The van der Waals surface area contributed by atoms with Gasteiger partial charge in [0, 0.05) is 4.47 Å². The minimum Gasteiger partial charge on any atom is -0.456 e. The standard InChI is InChI=1S/C18H20O2.C12H15BrO2.C6H7BO2/c1-13-9-8-12-15(14-10-6-5-7-11-14)16(13)17(19)20-18(2,3)4;1-8-6-5-7-9(13)10(8)11(14)15-12(2,3)4;8-7(9)6-4-2-1-3-5-6/h5-12H,1-4H3;5-7H,1-4H3;1-5,8-9H. The Bertz CT molecular complexity index is 1490. The lowest BCUT2D eigenvalue weighted by molar-refractivity contribution is 0.00559. The van der Waals surface area contributed by atoms with Crippen LogP contribution in [0.2, 0.25) is 0 Å². The molecule has 4 aromatic rings. The molecule has 0 saturated carbocycles. The third kappa shape index (κ3) is 12.1. The molecule has 44 heavy (non-hydrogen) atoms. The van der Waals surface area contributed by atoms with Gasteiger partial charge in [-0.05, 0) is 105 Å². The maximum Gasteiger partial charge on any atom is 0.488 e. The molecule has 8 heteroatoms. The fraction of sp³-hybridized carbons (Fsp3) is 0.278. The SMILES string of the molecule is Cc1cccc(-c2ccccc2)c1C(=O)OC(C)(C)C.Cc1cccc(Br)c1C(=O)OC(C)(C)C.OB(O)c1ccccc1. The number of rotatable bonds is 4. The van der Waals surface area contributed by atoms with Crippen molar-refractivity contribution in [2.75, 3.05) is 0 Å². The first kappa shape index (κ1) is 36.5. The lowest BCUT2D eigenvalue weighted by Gasteiger charge is -2.21. The third-order valence-electron chi connectivity index (χ3n) is 5.88. The Kier molecular flexibility index (Phi) is 13.6. The summed E-state index contributed by atoms with van der Waals surface area (Å²) in [5.74, 6) is -0.554. The van der Waals surface area contributed by atoms with Crippen LogP contribution in [0.4, 0.5) is 0 Å². The lowest BCUT2D eigenvalue weighted by atomic mass is 9.81. The summed E-state index contributed by atoms with van der Waals surface area (Å²) in [5.41, 5.74) is 4.61. The monoisotopic (exact) mass is 660 g/mol. The van der Waals surface area contributed by atoms with Crippen molar-refractivity contribution in [2.45, 2.75) is 66.6 Å². The fourth-order valence-electron chi connectivity index (χ4n) is 3.97. The molecule has 0 fully saturated rings. The Morgan fingerprint density at radius 2 is 1.05 bits per heavy atom. The van der Waals surface area contributed by atoms with E-state index >= 15 is 0 Å². The highest BCUT2D eigenvalue weighted by Gasteiger charge is 2.23. The molecule has 0 aliphatic carbocycles. The molecule has 0 aliphatic rings. The van der Waals surface area contributed by atoms with E-state index in [1.54, 1.807) is 24.3 Å². The molecule has 0 spiro atoms. The van der Waals surface area contributed by atoms with Crippen LogP contribution in [0.25, 0.3) is 11.1 Å². The molecule has 6 nitrogen and oxygen atoms in total. The normalized spacial score (nSPS) is 10.8. The molecule has 0 bridgehead atoms. The molecule has 0 atom stereocenters. The smallest absolute Gasteiger partial charge is 0.456 e. The Labute approximate surface area is 270 Å². The molecule has 2 N–H and O–H groups in total. The van der Waals surface area contributed by atoms with Crippen LogP contribution >= 0.6 is 15.9 Å². The lowest BCUT2D eigenvalue weighted by Crippen LogP contribution is -2.29. The van der Waals surface area contributed by atoms with Gasteiger partial charge >= 0.3 is 19.1 Å². The maximum atomic E-state index is 12.5. The predicted octanol–water partition coefficient (Wildman–Crippen LogP) is 7.70. The molecule has 0 aliphatic heterocycles. The topological polar surface area (TPSA) is 93.1 Å². The van der Waals surface area contributed by atoms with Crippen molar-refractivity contribution < 1.29 is 29.1 Å². The van der Waals surface area contributed by atoms with Gasteiger partial charge in [0.2, 0.25) is 0 Å². The van der Waals surface area contributed by atoms with Gasteiger partial charge in [-0.1, -0.05) is 91.0 Å². The number of esters is 2. The second kappa shape index (κ2) is 16.4. The van der Waals surface area contributed by atoms with Crippen LogP contribution in [-0.2, 0) is 9.47 Å². The van der Waals surface area contributed by atoms with Gasteiger partial charge in [0.1, 0.15) is 11.2 Å². The van der Waals surface area contributed by atoms with Gasteiger partial charge in [0.05, 0.1) is 11.1 Å². The van der Waals surface area contributed by atoms with E-state index < -0.39 is 18.3 Å². The second-order valence-electron chi connectivity index (χ2n) is 12.1. The Morgan fingerprint density at radius 3 is 1.48 bits per heavy atom. The van der Waals surface area contributed by atoms with Crippen molar-refractivity contribution in [2.24, 2.45) is 0 Å². The number of carbonyl (C=O) groups is 2. The van der Waals surface area contributed by atoms with Gasteiger partial charge in [-0.2, -0.15) is 0 Å². The number of aryl methyl sites for hydroxylation is 2. The Hall–Kier alpha value is -3.72. The van der Waals surface area contributed by atoms with E-state index in [4.69, 9.17) is 19.5 Å². The molecule has 0 amide bonds. The van der Waals surface area contributed by atoms with E-state index in [0.717, 1.165) is 26.7 Å². The molecule has 232 valence electrons. The van der Waals surface area contributed by atoms with Gasteiger partial charge < -0.3 is 19.5 Å². The summed E-state index contributed by atoms with van der Waals surface area (Å²) in [6.45, 7) is 15.0. The molecule has 4 aromatic carbocycles. The van der Waals surface area contributed by atoms with Gasteiger partial charge in [0.25, 0.3) is 0 Å². The molecule has 0 saturated heterocycles. The Morgan fingerprint density at radius 1 is 0.614 bits per heavy atom. The van der Waals surface area contributed by atoms with Crippen molar-refractivity contribution in [3.63, 3.8) is 0 Å². The molecule has 0 unspecified atom stereocenters. The average molecular weight is 661 g/mol. The molecular formula is C36H42BBrO6. The van der Waals surface area contributed by atoms with E-state index in [-0.39, 0.29) is 11.9 Å². The molecule has 0 radical (unpaired) electrons. The van der Waals surface area contributed by atoms with Gasteiger partial charge in [0.15, 0.2) is 0 Å². The minimum atomic E-state index is -1.34. The maximum absolute atomic E-state index is 12.5. The molecule has 0 heterocycles. The average Bonchev–Trinajstić information content (AvgIpc) is 2.92. The summed E-state index contributed by atoms with van der Waals surface area (Å²) in [6.07, 6.45) is 0. The van der Waals surface area contributed by atoms with E-state index in [9.17, 15) is 9.59 Å². The number of hydrogen-bond donors (Lipinski definition) is 2. The first-order valence-corrected chi connectivity index (χ1v) is 15.1.